The Kier molecular flexibility index (Phi) is 5.54. The molecular weight excluding hydrogens is 304 g/mol. The molecule has 3 rings (SSSR count). The Morgan fingerprint density at radius 2 is 2.12 bits per heavy atom. The molecule has 0 N–H and O–H groups in total. The summed E-state index contributed by atoms with van der Waals surface area (Å²) >= 11 is 0. The van der Waals surface area contributed by atoms with Gasteiger partial charge in [-0.1, -0.05) is 24.3 Å². The molecule has 1 saturated heterocycles. The van der Waals surface area contributed by atoms with E-state index in [9.17, 15) is 4.79 Å². The first-order valence-corrected chi connectivity index (χ1v) is 8.78. The number of rotatable bonds is 5. The molecule has 0 aromatic heterocycles. The van der Waals surface area contributed by atoms with Crippen LogP contribution in [0.4, 0.5) is 0 Å². The van der Waals surface area contributed by atoms with Gasteiger partial charge < -0.3 is 14.4 Å². The Morgan fingerprint density at radius 3 is 2.88 bits per heavy atom. The summed E-state index contributed by atoms with van der Waals surface area (Å²) in [7, 11) is 3.51. The van der Waals surface area contributed by atoms with Crippen molar-refractivity contribution in [2.45, 2.75) is 44.6 Å². The van der Waals surface area contributed by atoms with E-state index in [0.717, 1.165) is 32.5 Å². The van der Waals surface area contributed by atoms with Gasteiger partial charge in [0.25, 0.3) is 0 Å². The number of aryl methyl sites for hydroxylation is 1. The van der Waals surface area contributed by atoms with Crippen LogP contribution in [0.25, 0.3) is 0 Å². The van der Waals surface area contributed by atoms with Crippen LogP contribution in [0.5, 0.6) is 0 Å². The molecule has 0 unspecified atom stereocenters. The molecule has 1 aliphatic heterocycles. The molecule has 1 aromatic carbocycles. The number of morpholine rings is 1. The quantitative estimate of drug-likeness (QED) is 0.825. The van der Waals surface area contributed by atoms with Gasteiger partial charge >= 0.3 is 0 Å². The van der Waals surface area contributed by atoms with E-state index in [4.69, 9.17) is 9.47 Å². The highest BCUT2D eigenvalue weighted by Crippen LogP contribution is 2.33. The molecule has 1 aromatic rings. The summed E-state index contributed by atoms with van der Waals surface area (Å²) in [6.45, 7) is 4.96. The fraction of sp³-hybridized carbons (Fsp3) is 0.632. The SMILES string of the molecule is Cc1ccccc1CN1CCO[C@H]2[C@H](OCC(=O)N(C)C)CC[C@@H]21. The maximum Gasteiger partial charge on any atom is 0.248 e. The van der Waals surface area contributed by atoms with Crippen LogP contribution >= 0.6 is 0 Å². The van der Waals surface area contributed by atoms with Gasteiger partial charge in [-0.2, -0.15) is 0 Å². The van der Waals surface area contributed by atoms with Crippen molar-refractivity contribution in [3.63, 3.8) is 0 Å². The van der Waals surface area contributed by atoms with Crippen molar-refractivity contribution in [2.24, 2.45) is 0 Å². The molecule has 5 heteroatoms. The second-order valence-corrected chi connectivity index (χ2v) is 7.01. The van der Waals surface area contributed by atoms with Crippen LogP contribution in [0.1, 0.15) is 24.0 Å². The predicted molar refractivity (Wildman–Crippen MR) is 92.8 cm³/mol. The van der Waals surface area contributed by atoms with Crippen LogP contribution in [0.15, 0.2) is 24.3 Å². The zero-order chi connectivity index (χ0) is 17.1. The Balaban J connectivity index is 1.61. The fourth-order valence-corrected chi connectivity index (χ4v) is 3.68. The molecule has 132 valence electrons. The first-order valence-electron chi connectivity index (χ1n) is 8.78. The van der Waals surface area contributed by atoms with E-state index in [1.54, 1.807) is 19.0 Å². The van der Waals surface area contributed by atoms with Crippen LogP contribution in [-0.4, -0.2) is 67.8 Å². The van der Waals surface area contributed by atoms with Gasteiger partial charge in [0.2, 0.25) is 5.91 Å². The lowest BCUT2D eigenvalue weighted by atomic mass is 10.1. The third-order valence-electron chi connectivity index (χ3n) is 5.20. The third-order valence-corrected chi connectivity index (χ3v) is 5.20. The van der Waals surface area contributed by atoms with Gasteiger partial charge in [-0.05, 0) is 30.9 Å². The fourth-order valence-electron chi connectivity index (χ4n) is 3.68. The molecule has 1 heterocycles. The standard InChI is InChI=1S/C19H28N2O3/c1-14-6-4-5-7-15(14)12-21-10-11-23-19-16(21)8-9-17(19)24-13-18(22)20(2)3/h4-7,16-17,19H,8-13H2,1-3H3/t16-,17+,19+/m0/s1. The molecule has 3 atom stereocenters. The minimum absolute atomic E-state index is 0.00558. The summed E-state index contributed by atoms with van der Waals surface area (Å²) in [5.74, 6) is 0.00558. The van der Waals surface area contributed by atoms with Gasteiger partial charge in [-0.3, -0.25) is 9.69 Å². The molecule has 0 spiro atoms. The molecular formula is C19H28N2O3. The number of nitrogens with zero attached hydrogens (tertiary/aromatic N) is 2. The summed E-state index contributed by atoms with van der Waals surface area (Å²) in [6.07, 6.45) is 2.13. The summed E-state index contributed by atoms with van der Waals surface area (Å²) < 4.78 is 11.9. The monoisotopic (exact) mass is 332 g/mol. The van der Waals surface area contributed by atoms with Crippen LogP contribution in [0.2, 0.25) is 0 Å². The van der Waals surface area contributed by atoms with Crippen LogP contribution in [0.3, 0.4) is 0 Å². The topological polar surface area (TPSA) is 42.0 Å². The molecule has 0 radical (unpaired) electrons. The summed E-state index contributed by atoms with van der Waals surface area (Å²) in [5.41, 5.74) is 2.72. The molecule has 1 aliphatic carbocycles. The van der Waals surface area contributed by atoms with E-state index in [2.05, 4.69) is 36.1 Å². The zero-order valence-corrected chi connectivity index (χ0v) is 14.9. The van der Waals surface area contributed by atoms with Gasteiger partial charge in [0.1, 0.15) is 6.61 Å². The molecule has 1 saturated carbocycles. The van der Waals surface area contributed by atoms with E-state index in [1.807, 2.05) is 0 Å². The highest BCUT2D eigenvalue weighted by Gasteiger charge is 2.43. The number of likely N-dealkylation sites (N-methyl/N-ethyl adjacent to an activating group) is 1. The number of amides is 1. The number of carbonyl (C=O) groups excluding carboxylic acids is 1. The Hall–Kier alpha value is -1.43. The van der Waals surface area contributed by atoms with E-state index in [-0.39, 0.29) is 24.7 Å². The van der Waals surface area contributed by atoms with Gasteiger partial charge in [-0.15, -0.1) is 0 Å². The lowest BCUT2D eigenvalue weighted by Crippen LogP contribution is -2.51. The number of hydrogen-bond donors (Lipinski definition) is 0. The van der Waals surface area contributed by atoms with E-state index >= 15 is 0 Å². The maximum absolute atomic E-state index is 11.8. The highest BCUT2D eigenvalue weighted by atomic mass is 16.5. The number of carbonyl (C=O) groups is 1. The minimum atomic E-state index is 0.00558. The first-order chi connectivity index (χ1) is 11.6. The van der Waals surface area contributed by atoms with Gasteiger partial charge in [0.15, 0.2) is 0 Å². The number of hydrogen-bond acceptors (Lipinski definition) is 4. The molecule has 2 fully saturated rings. The molecule has 24 heavy (non-hydrogen) atoms. The number of fused-ring (bicyclic) bond motifs is 1. The highest BCUT2D eigenvalue weighted by molar-refractivity contribution is 5.76. The summed E-state index contributed by atoms with van der Waals surface area (Å²) in [5, 5.41) is 0. The lowest BCUT2D eigenvalue weighted by Gasteiger charge is -2.39. The zero-order valence-electron chi connectivity index (χ0n) is 14.9. The second kappa shape index (κ2) is 7.64. The van der Waals surface area contributed by atoms with E-state index < -0.39 is 0 Å². The lowest BCUT2D eigenvalue weighted by molar-refractivity contribution is -0.144. The Bertz CT molecular complexity index is 575. The molecule has 2 aliphatic rings. The van der Waals surface area contributed by atoms with Crippen molar-refractivity contribution >= 4 is 5.91 Å². The van der Waals surface area contributed by atoms with E-state index in [1.165, 1.54) is 11.1 Å². The number of ether oxygens (including phenoxy) is 2. The Labute approximate surface area is 144 Å². The van der Waals surface area contributed by atoms with Crippen molar-refractivity contribution in [3.8, 4) is 0 Å². The maximum atomic E-state index is 11.8. The number of benzene rings is 1. The normalized spacial score (nSPS) is 27.0. The van der Waals surface area contributed by atoms with Crippen molar-refractivity contribution in [1.82, 2.24) is 9.80 Å². The summed E-state index contributed by atoms with van der Waals surface area (Å²) in [4.78, 5) is 15.8. The Morgan fingerprint density at radius 1 is 1.33 bits per heavy atom. The van der Waals surface area contributed by atoms with E-state index in [0.29, 0.717) is 6.04 Å². The smallest absolute Gasteiger partial charge is 0.248 e. The van der Waals surface area contributed by atoms with Gasteiger partial charge in [-0.25, -0.2) is 0 Å². The second-order valence-electron chi connectivity index (χ2n) is 7.01. The molecule has 0 bridgehead atoms. The largest absolute Gasteiger partial charge is 0.373 e. The average molecular weight is 332 g/mol. The van der Waals surface area contributed by atoms with Crippen LogP contribution in [-0.2, 0) is 20.8 Å². The molecule has 1 amide bonds. The van der Waals surface area contributed by atoms with Crippen molar-refractivity contribution < 1.29 is 14.3 Å². The average Bonchev–Trinajstić information content (AvgIpc) is 2.99. The minimum Gasteiger partial charge on any atom is -0.373 e. The van der Waals surface area contributed by atoms with Crippen molar-refractivity contribution in [2.75, 3.05) is 33.9 Å². The van der Waals surface area contributed by atoms with Crippen LogP contribution < -0.4 is 0 Å². The van der Waals surface area contributed by atoms with Crippen LogP contribution in [0, 0.1) is 6.92 Å². The van der Waals surface area contributed by atoms with Crippen molar-refractivity contribution in [1.29, 1.82) is 0 Å². The molecule has 5 nitrogen and oxygen atoms in total. The third kappa shape index (κ3) is 3.79. The van der Waals surface area contributed by atoms with Gasteiger partial charge in [0, 0.05) is 33.2 Å². The van der Waals surface area contributed by atoms with Gasteiger partial charge in [0.05, 0.1) is 18.8 Å². The first kappa shape index (κ1) is 17.4. The summed E-state index contributed by atoms with van der Waals surface area (Å²) in [6, 6.07) is 8.95. The predicted octanol–water partition coefficient (Wildman–Crippen LogP) is 1.83. The van der Waals surface area contributed by atoms with Crippen molar-refractivity contribution in [3.05, 3.63) is 35.4 Å².